The number of carbonyl (C=O) groups is 3. The average Bonchev–Trinajstić information content (AvgIpc) is 1.92. The molecule has 0 aliphatic carbocycles. The summed E-state index contributed by atoms with van der Waals surface area (Å²) in [5, 5.41) is 53.6. The number of piperidine rings is 1. The number of carbonyl (C=O) groups excluding carboxylic acids is 3. The summed E-state index contributed by atoms with van der Waals surface area (Å²) >= 11 is 0. The zero-order valence-electron chi connectivity index (χ0n) is 49.3. The molecule has 4 aliphatic heterocycles. The third kappa shape index (κ3) is 14.1. The van der Waals surface area contributed by atoms with Gasteiger partial charge in [0.1, 0.15) is 45.8 Å². The molecule has 8 rings (SSSR count). The van der Waals surface area contributed by atoms with Crippen molar-refractivity contribution in [1.82, 2.24) is 10.2 Å². The van der Waals surface area contributed by atoms with Gasteiger partial charge < -0.3 is 59.6 Å². The van der Waals surface area contributed by atoms with Gasteiger partial charge in [-0.1, -0.05) is 90.1 Å². The molecule has 1 fully saturated rings. The highest BCUT2D eigenvalue weighted by Gasteiger charge is 2.51. The van der Waals surface area contributed by atoms with Crippen molar-refractivity contribution in [2.45, 2.75) is 137 Å². The summed E-state index contributed by atoms with van der Waals surface area (Å²) in [4.78, 5) is 52.9. The van der Waals surface area contributed by atoms with Crippen LogP contribution in [0.5, 0.6) is 23.0 Å². The number of phenols is 2. The van der Waals surface area contributed by atoms with Crippen molar-refractivity contribution >= 4 is 34.1 Å². The van der Waals surface area contributed by atoms with E-state index in [1.807, 2.05) is 37.4 Å². The molecule has 4 aromatic rings. The van der Waals surface area contributed by atoms with E-state index in [9.17, 15) is 48.0 Å². The van der Waals surface area contributed by atoms with E-state index in [2.05, 4.69) is 34.4 Å². The van der Waals surface area contributed by atoms with Gasteiger partial charge in [0.15, 0.2) is 5.75 Å². The zero-order chi connectivity index (χ0) is 60.9. The summed E-state index contributed by atoms with van der Waals surface area (Å²) in [6.45, 7) is 20.3. The SMILES string of the molecule is CNCCC(Oc1ccc(C(F)(F)F)cc1)c1ccccc1.CO[C@H]1/C=C/O[C@@]2(C)Oc3c(C)c(O)c4c(O)c(c5c(c4c3C2=O)NC2(CCN(CC(C)C)CC2)N=5)=NC(=O)/C(C)=C\C=C\[C@H](C)[C@H](O)[C@@H](C)[C@@H](O)[C@@H](C)[C@H](OC(C)=O)[C@@H]1C. The van der Waals surface area contributed by atoms with E-state index in [1.165, 1.54) is 39.4 Å². The number of benzene rings is 4. The number of nitrogens with one attached hydrogen (secondary N) is 2. The Labute approximate surface area is 482 Å². The molecule has 4 aliphatic rings. The number of aliphatic hydroxyl groups excluding tert-OH is 2. The fraction of sp³-hybridized carbons (Fsp3) is 0.508. The molecule has 1 amide bonds. The number of anilines is 1. The number of likely N-dealkylation sites (tertiary alicyclic amines) is 1. The van der Waals surface area contributed by atoms with Gasteiger partial charge in [0.2, 0.25) is 0 Å². The van der Waals surface area contributed by atoms with Crippen molar-refractivity contribution in [3.8, 4) is 23.0 Å². The molecule has 0 radical (unpaired) electrons. The molecule has 4 bridgehead atoms. The number of nitrogens with zero attached hydrogens (tertiary/aromatic N) is 3. The quantitative estimate of drug-likeness (QED) is 0.0642. The van der Waals surface area contributed by atoms with Crippen molar-refractivity contribution in [3.63, 3.8) is 0 Å². The van der Waals surface area contributed by atoms with Crippen LogP contribution >= 0.6 is 0 Å². The predicted octanol–water partition coefficient (Wildman–Crippen LogP) is 9.18. The minimum absolute atomic E-state index is 0.0538. The second kappa shape index (κ2) is 26.4. The van der Waals surface area contributed by atoms with E-state index in [-0.39, 0.29) is 55.8 Å². The maximum atomic E-state index is 14.7. The van der Waals surface area contributed by atoms with Gasteiger partial charge in [-0.15, -0.1) is 0 Å². The first-order chi connectivity index (χ1) is 39.1. The van der Waals surface area contributed by atoms with Gasteiger partial charge in [0.25, 0.3) is 11.7 Å². The van der Waals surface area contributed by atoms with E-state index >= 15 is 0 Å². The summed E-state index contributed by atoms with van der Waals surface area (Å²) in [7, 11) is 3.32. The Balaban J connectivity index is 0.000000376. The highest BCUT2D eigenvalue weighted by atomic mass is 19.4. The van der Waals surface area contributed by atoms with Gasteiger partial charge in [0, 0.05) is 100 Å². The number of rotatable bonds is 10. The molecule has 1 saturated heterocycles. The number of ether oxygens (including phenoxy) is 5. The molecule has 1 spiro atoms. The Bertz CT molecular complexity index is 3220. The Morgan fingerprint density at radius 1 is 0.916 bits per heavy atom. The lowest BCUT2D eigenvalue weighted by Gasteiger charge is -2.38. The maximum absolute atomic E-state index is 14.7. The smallest absolute Gasteiger partial charge is 0.416 e. The highest BCUT2D eigenvalue weighted by molar-refractivity contribution is 6.21. The molecular weight excluding hydrogens is 1080 g/mol. The summed E-state index contributed by atoms with van der Waals surface area (Å²) in [6, 6.07) is 14.4. The van der Waals surface area contributed by atoms with Crippen LogP contribution in [0.1, 0.15) is 115 Å². The van der Waals surface area contributed by atoms with Gasteiger partial charge in [-0.2, -0.15) is 13.2 Å². The monoisotopic (exact) mass is 1160 g/mol. The van der Waals surface area contributed by atoms with Crippen molar-refractivity contribution in [2.24, 2.45) is 39.6 Å². The van der Waals surface area contributed by atoms with Crippen LogP contribution in [0.25, 0.3) is 10.8 Å². The molecule has 0 aromatic heterocycles. The van der Waals surface area contributed by atoms with Gasteiger partial charge >= 0.3 is 17.9 Å². The first-order valence-electron chi connectivity index (χ1n) is 28.3. The van der Waals surface area contributed by atoms with E-state index in [0.717, 1.165) is 50.3 Å². The second-order valence-electron chi connectivity index (χ2n) is 22.9. The molecule has 4 heterocycles. The van der Waals surface area contributed by atoms with Gasteiger partial charge in [0.05, 0.1) is 46.8 Å². The van der Waals surface area contributed by atoms with Crippen molar-refractivity contribution in [2.75, 3.05) is 45.7 Å². The molecule has 1 unspecified atom stereocenters. The number of hydrogen-bond acceptors (Lipinski definition) is 16. The number of fused-ring (bicyclic) bond motifs is 1. The Morgan fingerprint density at radius 2 is 1.58 bits per heavy atom. The number of Topliss-reactive ketones (excluding diaryl/α,β-unsaturated/α-hetero) is 1. The summed E-state index contributed by atoms with van der Waals surface area (Å²) in [5.41, 5.74) is 0.212. The number of esters is 1. The molecule has 4 aromatic carbocycles. The topological polar surface area (TPSA) is 230 Å². The van der Waals surface area contributed by atoms with Gasteiger partial charge in [-0.3, -0.25) is 19.4 Å². The molecule has 10 atom stereocenters. The normalized spacial score (nSPS) is 27.4. The number of hydrogen-bond donors (Lipinski definition) is 6. The van der Waals surface area contributed by atoms with Crippen molar-refractivity contribution in [3.05, 3.63) is 124 Å². The predicted molar refractivity (Wildman–Crippen MR) is 308 cm³/mol. The molecule has 83 heavy (non-hydrogen) atoms. The lowest BCUT2D eigenvalue weighted by Crippen LogP contribution is -2.47. The van der Waals surface area contributed by atoms with Crippen LogP contribution in [-0.2, 0) is 30.0 Å². The van der Waals surface area contributed by atoms with Crippen LogP contribution in [0.2, 0.25) is 0 Å². The average molecular weight is 1160 g/mol. The van der Waals surface area contributed by atoms with Crippen LogP contribution in [0.15, 0.2) is 101 Å². The number of allylic oxidation sites excluding steroid dienone is 2. The molecular formula is C63H80F3N5O12. The van der Waals surface area contributed by atoms with Crippen LogP contribution < -0.4 is 30.8 Å². The summed E-state index contributed by atoms with van der Waals surface area (Å²) < 4.78 is 67.6. The van der Waals surface area contributed by atoms with Crippen molar-refractivity contribution in [1.29, 1.82) is 0 Å². The number of aromatic hydroxyl groups is 2. The third-order valence-corrected chi connectivity index (χ3v) is 16.2. The highest BCUT2D eigenvalue weighted by Crippen LogP contribution is 2.51. The van der Waals surface area contributed by atoms with Crippen LogP contribution in [-0.4, -0.2) is 119 Å². The number of alkyl halides is 3. The minimum Gasteiger partial charge on any atom is -0.507 e. The Morgan fingerprint density at radius 3 is 2.18 bits per heavy atom. The molecule has 0 saturated carbocycles. The fourth-order valence-corrected chi connectivity index (χ4v) is 11.4. The number of phenolic OH excluding ortho intramolecular Hbond substituents is 2. The molecule has 17 nitrogen and oxygen atoms in total. The standard InChI is InChI=1S/C46H62N4O11.C17H18F3NO/c1-22(2)21-50-18-16-46(17-19-50)48-34-31-32-39(54)28(8)42-33(31)43(56)45(10,61-42)59-20-15-30(58-11)25(5)41(60-29(9)51)27(7)38(53)26(6)37(52)23(3)13-12-14-24(4)44(57)47-36(40(32)55)35(34)49-46;1-21-12-11-16(13-5-3-2-4-6-13)22-15-9-7-14(8-10-15)17(18,19)20/h12-15,20,22-23,25-27,30,37-38,41,48,52-55H,16-19,21H2,1-11H3;2-10,16,21H,11-12H2,1H3/b13-12+,20-15+,24-14-,47-36?;/t23-,25+,26+,27+,30-,37-,38+,41+,45-;/m0./s1. The molecule has 6 N–H and O–H groups in total. The van der Waals surface area contributed by atoms with Crippen LogP contribution in [0, 0.1) is 36.5 Å². The fourth-order valence-electron chi connectivity index (χ4n) is 11.4. The number of amides is 1. The Hall–Kier alpha value is -6.84. The van der Waals surface area contributed by atoms with E-state index in [1.54, 1.807) is 65.8 Å². The number of ketones is 1. The number of methoxy groups -OCH3 is 1. The van der Waals surface area contributed by atoms with Gasteiger partial charge in [-0.25, -0.2) is 4.99 Å². The molecule has 20 heteroatoms. The van der Waals surface area contributed by atoms with Crippen LogP contribution in [0.3, 0.4) is 0 Å². The number of halogens is 3. The molecule has 450 valence electrons. The maximum Gasteiger partial charge on any atom is 0.416 e. The summed E-state index contributed by atoms with van der Waals surface area (Å²) in [5.74, 6) is -6.14. The largest absolute Gasteiger partial charge is 0.507 e. The summed E-state index contributed by atoms with van der Waals surface area (Å²) in [6.07, 6.45) is 1.26. The minimum atomic E-state index is -4.33. The van der Waals surface area contributed by atoms with E-state index in [4.69, 9.17) is 28.7 Å². The third-order valence-electron chi connectivity index (χ3n) is 16.2. The lowest BCUT2D eigenvalue weighted by molar-refractivity contribution is -0.160. The second-order valence-corrected chi connectivity index (χ2v) is 22.9. The lowest BCUT2D eigenvalue weighted by atomic mass is 9.78. The van der Waals surface area contributed by atoms with E-state index < -0.39 is 94.7 Å². The van der Waals surface area contributed by atoms with E-state index in [0.29, 0.717) is 30.2 Å². The number of aliphatic hydroxyl groups is 2. The zero-order valence-corrected chi connectivity index (χ0v) is 49.3. The first kappa shape index (κ1) is 63.7. The Kier molecular flexibility index (Phi) is 20.3. The van der Waals surface area contributed by atoms with Crippen molar-refractivity contribution < 1.29 is 71.7 Å². The first-order valence-corrected chi connectivity index (χ1v) is 28.3. The van der Waals surface area contributed by atoms with Gasteiger partial charge in [-0.05, 0) is 69.3 Å². The van der Waals surface area contributed by atoms with Crippen LogP contribution in [0.4, 0.5) is 18.9 Å².